The van der Waals surface area contributed by atoms with Gasteiger partial charge in [-0.15, -0.1) is 0 Å². The monoisotopic (exact) mass is 179 g/mol. The largest absolute Gasteiger partial charge is 0.356 e. The minimum absolute atomic E-state index is 0. The number of amides is 1. The molecule has 1 N–H and O–H groups in total. The van der Waals surface area contributed by atoms with Crippen molar-refractivity contribution in [3.8, 4) is 0 Å². The Kier molecular flexibility index (Phi) is 15.2. The van der Waals surface area contributed by atoms with Crippen LogP contribution in [0.3, 0.4) is 0 Å². The van der Waals surface area contributed by atoms with Crippen LogP contribution in [0, 0.1) is 0 Å². The van der Waals surface area contributed by atoms with Gasteiger partial charge in [0.1, 0.15) is 0 Å². The van der Waals surface area contributed by atoms with Gasteiger partial charge >= 0.3 is 0 Å². The summed E-state index contributed by atoms with van der Waals surface area (Å²) in [5, 5.41) is 2.72. The van der Waals surface area contributed by atoms with Gasteiger partial charge in [0.05, 0.1) is 5.75 Å². The molecule has 0 aliphatic heterocycles. The summed E-state index contributed by atoms with van der Waals surface area (Å²) in [4.78, 5) is 10.7. The Labute approximate surface area is 75.6 Å². The fourth-order valence-electron chi connectivity index (χ4n) is 0.443. The molecule has 11 heavy (non-hydrogen) atoms. The van der Waals surface area contributed by atoms with E-state index in [1.807, 2.05) is 27.7 Å². The van der Waals surface area contributed by atoms with Gasteiger partial charge in [0.15, 0.2) is 0 Å². The van der Waals surface area contributed by atoms with Crippen LogP contribution in [0.2, 0.25) is 0 Å². The van der Waals surface area contributed by atoms with Crippen molar-refractivity contribution in [2.75, 3.05) is 18.1 Å². The topological polar surface area (TPSA) is 29.1 Å². The molecule has 70 valence electrons. The van der Waals surface area contributed by atoms with E-state index in [0.29, 0.717) is 5.75 Å². The Morgan fingerprint density at radius 3 is 2.36 bits per heavy atom. The van der Waals surface area contributed by atoms with E-state index in [2.05, 4.69) is 5.32 Å². The summed E-state index contributed by atoms with van der Waals surface area (Å²) in [6.07, 6.45) is 0. The molecule has 0 bridgehead atoms. The van der Waals surface area contributed by atoms with Crippen molar-refractivity contribution in [3.05, 3.63) is 0 Å². The molecule has 0 aliphatic carbocycles. The van der Waals surface area contributed by atoms with E-state index in [1.165, 1.54) is 0 Å². The number of hydrogen-bond donors (Lipinski definition) is 1. The quantitative estimate of drug-likeness (QED) is 0.716. The van der Waals surface area contributed by atoms with Crippen LogP contribution in [0.25, 0.3) is 0 Å². The summed E-state index contributed by atoms with van der Waals surface area (Å²) in [5.74, 6) is 1.76. The SMILES string of the molecule is CC.CCNC(=O)CSCC.[HH]. The molecule has 0 aromatic rings. The third-order valence-corrected chi connectivity index (χ3v) is 1.69. The Bertz CT molecular complexity index is 91.1. The second kappa shape index (κ2) is 12.5. The Morgan fingerprint density at radius 2 is 2.00 bits per heavy atom. The zero-order chi connectivity index (χ0) is 9.11. The molecule has 0 unspecified atom stereocenters. The van der Waals surface area contributed by atoms with E-state index in [1.54, 1.807) is 11.8 Å². The Morgan fingerprint density at radius 1 is 1.45 bits per heavy atom. The van der Waals surface area contributed by atoms with Gasteiger partial charge in [-0.25, -0.2) is 0 Å². The van der Waals surface area contributed by atoms with Gasteiger partial charge in [0.2, 0.25) is 5.91 Å². The molecule has 0 fully saturated rings. The van der Waals surface area contributed by atoms with Crippen LogP contribution >= 0.6 is 11.8 Å². The number of rotatable bonds is 4. The van der Waals surface area contributed by atoms with Gasteiger partial charge in [-0.2, -0.15) is 11.8 Å². The second-order valence-electron chi connectivity index (χ2n) is 1.59. The molecule has 2 nitrogen and oxygen atoms in total. The van der Waals surface area contributed by atoms with E-state index >= 15 is 0 Å². The lowest BCUT2D eigenvalue weighted by atomic mass is 10.6. The maximum atomic E-state index is 10.7. The van der Waals surface area contributed by atoms with Gasteiger partial charge in [0, 0.05) is 7.97 Å². The van der Waals surface area contributed by atoms with Gasteiger partial charge < -0.3 is 5.32 Å². The number of carbonyl (C=O) groups is 1. The van der Waals surface area contributed by atoms with Gasteiger partial charge in [-0.1, -0.05) is 20.8 Å². The smallest absolute Gasteiger partial charge is 0.229 e. The first kappa shape index (κ1) is 13.4. The predicted molar refractivity (Wildman–Crippen MR) is 55.1 cm³/mol. The molecule has 0 radical (unpaired) electrons. The summed E-state index contributed by atoms with van der Waals surface area (Å²) in [6.45, 7) is 8.71. The summed E-state index contributed by atoms with van der Waals surface area (Å²) >= 11 is 1.64. The third kappa shape index (κ3) is 12.9. The van der Waals surface area contributed by atoms with Crippen molar-refractivity contribution in [3.63, 3.8) is 0 Å². The molecule has 3 heteroatoms. The fourth-order valence-corrected chi connectivity index (χ4v) is 0.935. The van der Waals surface area contributed by atoms with Crippen LogP contribution in [0.5, 0.6) is 0 Å². The number of thioether (sulfide) groups is 1. The average Bonchev–Trinajstić information content (AvgIpc) is 2.05. The lowest BCUT2D eigenvalue weighted by Gasteiger charge is -1.98. The van der Waals surface area contributed by atoms with E-state index in [4.69, 9.17) is 0 Å². The van der Waals surface area contributed by atoms with Crippen molar-refractivity contribution < 1.29 is 6.22 Å². The molecule has 0 saturated heterocycles. The first-order chi connectivity index (χ1) is 5.31. The lowest BCUT2D eigenvalue weighted by Crippen LogP contribution is -2.24. The van der Waals surface area contributed by atoms with Crippen molar-refractivity contribution in [1.82, 2.24) is 5.32 Å². The number of nitrogens with one attached hydrogen (secondary N) is 1. The summed E-state index contributed by atoms with van der Waals surface area (Å²) in [5.41, 5.74) is 0. The molecular weight excluding hydrogens is 158 g/mol. The standard InChI is InChI=1S/C6H13NOS.C2H6.H2/c1-3-7-6(8)5-9-4-2;1-2;/h3-5H2,1-2H3,(H,7,8);1-2H3;1H. The molecule has 0 spiro atoms. The highest BCUT2D eigenvalue weighted by molar-refractivity contribution is 7.99. The van der Waals surface area contributed by atoms with Crippen LogP contribution in [-0.2, 0) is 4.79 Å². The van der Waals surface area contributed by atoms with Gasteiger partial charge in [-0.05, 0) is 12.7 Å². The second-order valence-corrected chi connectivity index (χ2v) is 2.86. The van der Waals surface area contributed by atoms with Crippen molar-refractivity contribution in [1.29, 1.82) is 0 Å². The Balaban J connectivity index is -0.000000249. The minimum Gasteiger partial charge on any atom is -0.356 e. The summed E-state index contributed by atoms with van der Waals surface area (Å²) in [6, 6.07) is 0. The summed E-state index contributed by atoms with van der Waals surface area (Å²) < 4.78 is 0. The van der Waals surface area contributed by atoms with Gasteiger partial charge in [-0.3, -0.25) is 4.79 Å². The van der Waals surface area contributed by atoms with E-state index in [0.717, 1.165) is 12.3 Å². The number of carbonyl (C=O) groups excluding carboxylic acids is 1. The lowest BCUT2D eigenvalue weighted by molar-refractivity contribution is -0.118. The Hall–Kier alpha value is -0.180. The van der Waals surface area contributed by atoms with Gasteiger partial charge in [0.25, 0.3) is 0 Å². The molecular formula is C8H21NOS. The van der Waals surface area contributed by atoms with Crippen LogP contribution in [0.4, 0.5) is 0 Å². The molecule has 0 atom stereocenters. The average molecular weight is 179 g/mol. The maximum absolute atomic E-state index is 10.7. The fraction of sp³-hybridized carbons (Fsp3) is 0.875. The predicted octanol–water partition coefficient (Wildman–Crippen LogP) is 2.15. The van der Waals surface area contributed by atoms with E-state index < -0.39 is 0 Å². The van der Waals surface area contributed by atoms with Crippen molar-refractivity contribution >= 4 is 17.7 Å². The van der Waals surface area contributed by atoms with Crippen LogP contribution in [0.15, 0.2) is 0 Å². The molecule has 0 heterocycles. The molecule has 0 saturated carbocycles. The zero-order valence-electron chi connectivity index (χ0n) is 7.94. The molecule has 0 rings (SSSR count). The van der Waals surface area contributed by atoms with E-state index in [-0.39, 0.29) is 7.33 Å². The van der Waals surface area contributed by atoms with Crippen LogP contribution < -0.4 is 5.32 Å². The van der Waals surface area contributed by atoms with Crippen LogP contribution in [0.1, 0.15) is 29.1 Å². The summed E-state index contributed by atoms with van der Waals surface area (Å²) in [7, 11) is 0. The highest BCUT2D eigenvalue weighted by Gasteiger charge is 1.95. The van der Waals surface area contributed by atoms with Crippen molar-refractivity contribution in [2.24, 2.45) is 0 Å². The molecule has 1 amide bonds. The first-order valence-corrected chi connectivity index (χ1v) is 5.31. The number of hydrogen-bond acceptors (Lipinski definition) is 2. The molecule has 0 aromatic heterocycles. The van der Waals surface area contributed by atoms with Crippen molar-refractivity contribution in [2.45, 2.75) is 27.7 Å². The zero-order valence-corrected chi connectivity index (χ0v) is 8.75. The highest BCUT2D eigenvalue weighted by atomic mass is 32.2. The first-order valence-electron chi connectivity index (χ1n) is 4.15. The third-order valence-electron chi connectivity index (χ3n) is 0.811. The normalized spacial score (nSPS) is 8.00. The minimum atomic E-state index is 0. The highest BCUT2D eigenvalue weighted by Crippen LogP contribution is 1.95. The molecule has 0 aromatic carbocycles. The molecule has 0 aliphatic rings. The maximum Gasteiger partial charge on any atom is 0.229 e. The van der Waals surface area contributed by atoms with Crippen LogP contribution in [-0.4, -0.2) is 24.0 Å². The van der Waals surface area contributed by atoms with E-state index in [9.17, 15) is 4.79 Å².